The highest BCUT2D eigenvalue weighted by molar-refractivity contribution is 7.89. The van der Waals surface area contributed by atoms with Crippen molar-refractivity contribution in [3.8, 4) is 5.75 Å². The Morgan fingerprint density at radius 2 is 1.83 bits per heavy atom. The first-order valence-corrected chi connectivity index (χ1v) is 9.26. The van der Waals surface area contributed by atoms with Crippen LogP contribution in [0.2, 0.25) is 0 Å². The van der Waals surface area contributed by atoms with Gasteiger partial charge in [-0.1, -0.05) is 0 Å². The minimum Gasteiger partial charge on any atom is -0.406 e. The molecule has 5 nitrogen and oxygen atoms in total. The SMILES string of the molecule is NS(=O)(=O)c1ccc(OC(F)(F)F)cc1C1CC2(CCNCC2)C1. The maximum atomic E-state index is 12.4. The minimum absolute atomic E-state index is 0.117. The molecule has 3 N–H and O–H groups in total. The average Bonchev–Trinajstić information content (AvgIpc) is 2.42. The summed E-state index contributed by atoms with van der Waals surface area (Å²) in [4.78, 5) is -0.120. The molecule has 134 valence electrons. The standard InChI is InChI=1S/C15H19F3N2O3S/c16-15(17,18)23-11-1-2-13(24(19,21)22)12(7-11)10-8-14(9-10)3-5-20-6-4-14/h1-2,7,10,20H,3-6,8-9H2,(H2,19,21,22). The molecule has 0 bridgehead atoms. The molecule has 1 aliphatic heterocycles. The second-order valence-electron chi connectivity index (χ2n) is 6.65. The largest absolute Gasteiger partial charge is 0.573 e. The van der Waals surface area contributed by atoms with E-state index in [1.54, 1.807) is 0 Å². The molecule has 0 aromatic heterocycles. The van der Waals surface area contributed by atoms with Crippen LogP contribution in [0.15, 0.2) is 23.1 Å². The Labute approximate surface area is 138 Å². The number of sulfonamides is 1. The van der Waals surface area contributed by atoms with Crippen LogP contribution in [-0.2, 0) is 10.0 Å². The van der Waals surface area contributed by atoms with Crippen LogP contribution in [0.5, 0.6) is 5.75 Å². The van der Waals surface area contributed by atoms with Crippen molar-refractivity contribution in [3.63, 3.8) is 0 Å². The highest BCUT2D eigenvalue weighted by atomic mass is 32.2. The molecular formula is C15H19F3N2O3S. The van der Waals surface area contributed by atoms with Crippen LogP contribution in [0.4, 0.5) is 13.2 Å². The van der Waals surface area contributed by atoms with E-state index in [0.29, 0.717) is 5.56 Å². The number of benzene rings is 1. The number of primary sulfonamides is 1. The first-order chi connectivity index (χ1) is 11.1. The summed E-state index contributed by atoms with van der Waals surface area (Å²) in [5.41, 5.74) is 0.482. The summed E-state index contributed by atoms with van der Waals surface area (Å²) < 4.78 is 64.7. The molecule has 1 saturated heterocycles. The summed E-state index contributed by atoms with van der Waals surface area (Å²) in [5, 5.41) is 8.49. The molecular weight excluding hydrogens is 345 g/mol. The summed E-state index contributed by atoms with van der Waals surface area (Å²) in [6.07, 6.45) is -1.32. The number of nitrogens with two attached hydrogens (primary N) is 1. The molecule has 1 aliphatic carbocycles. The number of rotatable bonds is 3. The van der Waals surface area contributed by atoms with Gasteiger partial charge in [-0.2, -0.15) is 0 Å². The van der Waals surface area contributed by atoms with Crippen molar-refractivity contribution in [1.29, 1.82) is 0 Å². The third-order valence-corrected chi connectivity index (χ3v) is 5.97. The van der Waals surface area contributed by atoms with Crippen LogP contribution in [0, 0.1) is 5.41 Å². The number of ether oxygens (including phenoxy) is 1. The monoisotopic (exact) mass is 364 g/mol. The Balaban J connectivity index is 1.88. The van der Waals surface area contributed by atoms with E-state index in [0.717, 1.165) is 57.0 Å². The van der Waals surface area contributed by atoms with Gasteiger partial charge in [0.15, 0.2) is 0 Å². The topological polar surface area (TPSA) is 81.4 Å². The Morgan fingerprint density at radius 1 is 1.21 bits per heavy atom. The summed E-state index contributed by atoms with van der Waals surface area (Å²) in [6.45, 7) is 1.82. The fraction of sp³-hybridized carbons (Fsp3) is 0.600. The predicted molar refractivity (Wildman–Crippen MR) is 81.0 cm³/mol. The third kappa shape index (κ3) is 3.68. The van der Waals surface area contributed by atoms with Crippen LogP contribution in [0.25, 0.3) is 0 Å². The zero-order valence-corrected chi connectivity index (χ0v) is 13.7. The van der Waals surface area contributed by atoms with Crippen molar-refractivity contribution in [1.82, 2.24) is 5.32 Å². The number of halogens is 3. The lowest BCUT2D eigenvalue weighted by Crippen LogP contribution is -2.44. The molecule has 0 amide bonds. The Hall–Kier alpha value is -1.32. The van der Waals surface area contributed by atoms with Gasteiger partial charge in [0.1, 0.15) is 5.75 Å². The number of piperidine rings is 1. The van der Waals surface area contributed by atoms with Crippen LogP contribution in [-0.4, -0.2) is 27.9 Å². The summed E-state index contributed by atoms with van der Waals surface area (Å²) in [6, 6.07) is 3.24. The van der Waals surface area contributed by atoms with Crippen LogP contribution in [0.3, 0.4) is 0 Å². The van der Waals surface area contributed by atoms with E-state index >= 15 is 0 Å². The van der Waals surface area contributed by atoms with E-state index in [4.69, 9.17) is 5.14 Å². The first kappa shape index (κ1) is 17.5. The Bertz CT molecular complexity index is 720. The van der Waals surface area contributed by atoms with Gasteiger partial charge >= 0.3 is 6.36 Å². The van der Waals surface area contributed by atoms with E-state index in [9.17, 15) is 21.6 Å². The van der Waals surface area contributed by atoms with Crippen LogP contribution >= 0.6 is 0 Å². The number of hydrogen-bond donors (Lipinski definition) is 2. The smallest absolute Gasteiger partial charge is 0.406 e. The molecule has 2 aliphatic rings. The van der Waals surface area contributed by atoms with E-state index in [2.05, 4.69) is 10.1 Å². The maximum Gasteiger partial charge on any atom is 0.573 e. The second kappa shape index (κ2) is 5.89. The van der Waals surface area contributed by atoms with Crippen molar-refractivity contribution in [3.05, 3.63) is 23.8 Å². The molecule has 0 unspecified atom stereocenters. The zero-order chi connectivity index (χ0) is 17.6. The lowest BCUT2D eigenvalue weighted by atomic mass is 9.56. The minimum atomic E-state index is -4.82. The predicted octanol–water partition coefficient (Wildman–Crippen LogP) is 2.48. The molecule has 3 rings (SSSR count). The lowest BCUT2D eigenvalue weighted by Gasteiger charge is -2.51. The quantitative estimate of drug-likeness (QED) is 0.863. The summed E-state index contributed by atoms with van der Waals surface area (Å²) >= 11 is 0. The molecule has 0 radical (unpaired) electrons. The van der Waals surface area contributed by atoms with Crippen molar-refractivity contribution in [2.45, 2.75) is 42.9 Å². The maximum absolute atomic E-state index is 12.4. The average molecular weight is 364 g/mol. The van der Waals surface area contributed by atoms with Crippen molar-refractivity contribution >= 4 is 10.0 Å². The zero-order valence-electron chi connectivity index (χ0n) is 12.9. The third-order valence-electron chi connectivity index (χ3n) is 4.98. The van der Waals surface area contributed by atoms with Crippen LogP contribution in [0.1, 0.15) is 37.2 Å². The van der Waals surface area contributed by atoms with Crippen molar-refractivity contribution in [2.24, 2.45) is 10.6 Å². The van der Waals surface area contributed by atoms with E-state index in [-0.39, 0.29) is 16.2 Å². The van der Waals surface area contributed by atoms with Crippen molar-refractivity contribution in [2.75, 3.05) is 13.1 Å². The van der Waals surface area contributed by atoms with Gasteiger partial charge in [0.25, 0.3) is 0 Å². The Kier molecular flexibility index (Phi) is 4.29. The summed E-state index contributed by atoms with van der Waals surface area (Å²) in [7, 11) is -4.01. The van der Waals surface area contributed by atoms with Crippen LogP contribution < -0.4 is 15.2 Å². The molecule has 2 fully saturated rings. The van der Waals surface area contributed by atoms with Gasteiger partial charge in [-0.15, -0.1) is 13.2 Å². The molecule has 1 aromatic carbocycles. The van der Waals surface area contributed by atoms with Gasteiger partial charge in [-0.25, -0.2) is 13.6 Å². The van der Waals surface area contributed by atoms with Gasteiger partial charge in [0, 0.05) is 0 Å². The van der Waals surface area contributed by atoms with Gasteiger partial charge < -0.3 is 10.1 Å². The fourth-order valence-corrected chi connectivity index (χ4v) is 4.68. The molecule has 1 heterocycles. The number of hydrogen-bond acceptors (Lipinski definition) is 4. The molecule has 24 heavy (non-hydrogen) atoms. The van der Waals surface area contributed by atoms with Gasteiger partial charge in [0.2, 0.25) is 10.0 Å². The second-order valence-corrected chi connectivity index (χ2v) is 8.18. The van der Waals surface area contributed by atoms with Gasteiger partial charge in [-0.3, -0.25) is 0 Å². The normalized spacial score (nSPS) is 21.5. The highest BCUT2D eigenvalue weighted by Gasteiger charge is 2.46. The first-order valence-electron chi connectivity index (χ1n) is 7.71. The van der Waals surface area contributed by atoms with Gasteiger partial charge in [-0.05, 0) is 73.9 Å². The fourth-order valence-electron chi connectivity index (χ4n) is 3.87. The van der Waals surface area contributed by atoms with E-state index < -0.39 is 22.1 Å². The molecule has 1 aromatic rings. The summed E-state index contributed by atoms with van der Waals surface area (Å²) in [5.74, 6) is -0.538. The highest BCUT2D eigenvalue weighted by Crippen LogP contribution is 2.57. The molecule has 9 heteroatoms. The van der Waals surface area contributed by atoms with E-state index in [1.165, 1.54) is 0 Å². The number of alkyl halides is 3. The molecule has 1 spiro atoms. The van der Waals surface area contributed by atoms with E-state index in [1.807, 2.05) is 0 Å². The number of nitrogens with one attached hydrogen (secondary N) is 1. The Morgan fingerprint density at radius 3 is 2.38 bits per heavy atom. The lowest BCUT2D eigenvalue weighted by molar-refractivity contribution is -0.274. The molecule has 1 saturated carbocycles. The van der Waals surface area contributed by atoms with Gasteiger partial charge in [0.05, 0.1) is 4.90 Å². The van der Waals surface area contributed by atoms with Crippen molar-refractivity contribution < 1.29 is 26.3 Å². The molecule has 0 atom stereocenters.